The average molecular weight is 513 g/mol. The predicted molar refractivity (Wildman–Crippen MR) is 119 cm³/mol. The van der Waals surface area contributed by atoms with Crippen LogP contribution in [0.15, 0.2) is 27.8 Å². The molecule has 1 N–H and O–H groups in total. The van der Waals surface area contributed by atoms with E-state index in [0.29, 0.717) is 39.4 Å². The van der Waals surface area contributed by atoms with Crippen molar-refractivity contribution in [2.24, 2.45) is 4.99 Å². The lowest BCUT2D eigenvalue weighted by Gasteiger charge is -2.39. The van der Waals surface area contributed by atoms with Gasteiger partial charge in [0, 0.05) is 45.8 Å². The van der Waals surface area contributed by atoms with Gasteiger partial charge >= 0.3 is 0 Å². The number of nitrogens with zero attached hydrogens (tertiary/aromatic N) is 2. The van der Waals surface area contributed by atoms with E-state index in [1.165, 1.54) is 0 Å². The van der Waals surface area contributed by atoms with Crippen LogP contribution in [0.4, 0.5) is 0 Å². The third kappa shape index (κ3) is 7.26. The Morgan fingerprint density at radius 3 is 2.85 bits per heavy atom. The van der Waals surface area contributed by atoms with Crippen LogP contribution in [-0.4, -0.2) is 69.2 Å². The molecule has 1 saturated heterocycles. The minimum atomic E-state index is -3.08. The molecule has 0 spiro atoms. The van der Waals surface area contributed by atoms with Crippen molar-refractivity contribution in [3.63, 3.8) is 0 Å². The number of rotatable bonds is 8. The second-order valence-corrected chi connectivity index (χ2v) is 9.75. The summed E-state index contributed by atoms with van der Waals surface area (Å²) >= 11 is 0. The maximum absolute atomic E-state index is 12.3. The Balaban J connectivity index is 0.00000364. The predicted octanol–water partition coefficient (Wildman–Crippen LogP) is 2.32. The van der Waals surface area contributed by atoms with Gasteiger partial charge in [-0.15, -0.1) is 24.0 Å². The quantitative estimate of drug-likeness (QED) is 0.249. The highest BCUT2D eigenvalue weighted by Gasteiger charge is 2.40. The number of aliphatic imine (C=N–C) groups is 1. The van der Waals surface area contributed by atoms with Crippen molar-refractivity contribution in [2.45, 2.75) is 38.4 Å². The Hall–Kier alpha value is -0.810. The SMILES string of the molecule is CCOCCCN=C(NCCc1ccco1)N1CCS(=O)(=O)C(C)(C)C1.I. The number of halogens is 1. The van der Waals surface area contributed by atoms with E-state index in [0.717, 1.165) is 24.6 Å². The van der Waals surface area contributed by atoms with Crippen molar-refractivity contribution in [3.8, 4) is 0 Å². The zero-order chi connectivity index (χ0) is 19.0. The monoisotopic (exact) mass is 513 g/mol. The van der Waals surface area contributed by atoms with Crippen molar-refractivity contribution in [3.05, 3.63) is 24.2 Å². The first-order valence-electron chi connectivity index (χ1n) is 9.21. The zero-order valence-electron chi connectivity index (χ0n) is 16.4. The molecule has 1 aliphatic rings. The smallest absolute Gasteiger partial charge is 0.194 e. The van der Waals surface area contributed by atoms with Crippen molar-refractivity contribution in [2.75, 3.05) is 45.1 Å². The highest BCUT2D eigenvalue weighted by atomic mass is 127. The van der Waals surface area contributed by atoms with Gasteiger partial charge in [0.25, 0.3) is 0 Å². The van der Waals surface area contributed by atoms with Crippen molar-refractivity contribution in [1.82, 2.24) is 10.2 Å². The number of furan rings is 1. The minimum Gasteiger partial charge on any atom is -0.469 e. The van der Waals surface area contributed by atoms with Crippen LogP contribution in [0.25, 0.3) is 0 Å². The Morgan fingerprint density at radius 1 is 1.44 bits per heavy atom. The molecule has 2 heterocycles. The number of hydrogen-bond acceptors (Lipinski definition) is 5. The molecule has 9 heteroatoms. The van der Waals surface area contributed by atoms with Crippen molar-refractivity contribution < 1.29 is 17.6 Å². The largest absolute Gasteiger partial charge is 0.469 e. The van der Waals surface area contributed by atoms with Crippen LogP contribution in [0.1, 0.15) is 33.0 Å². The van der Waals surface area contributed by atoms with Crippen LogP contribution in [0.2, 0.25) is 0 Å². The normalized spacial score (nSPS) is 18.8. The molecule has 0 saturated carbocycles. The molecule has 156 valence electrons. The van der Waals surface area contributed by atoms with Gasteiger partial charge in [-0.25, -0.2) is 8.42 Å². The summed E-state index contributed by atoms with van der Waals surface area (Å²) < 4.78 is 34.5. The minimum absolute atomic E-state index is 0. The second kappa shape index (κ2) is 11.3. The van der Waals surface area contributed by atoms with E-state index in [4.69, 9.17) is 9.15 Å². The van der Waals surface area contributed by atoms with Crippen molar-refractivity contribution >= 4 is 39.8 Å². The summed E-state index contributed by atoms with van der Waals surface area (Å²) in [5.41, 5.74) is 0. The molecular weight excluding hydrogens is 481 g/mol. The maximum Gasteiger partial charge on any atom is 0.194 e. The number of hydrogen-bond donors (Lipinski definition) is 1. The summed E-state index contributed by atoms with van der Waals surface area (Å²) in [7, 11) is -3.08. The topological polar surface area (TPSA) is 84.1 Å². The van der Waals surface area contributed by atoms with Gasteiger partial charge in [-0.05, 0) is 39.3 Å². The van der Waals surface area contributed by atoms with Gasteiger partial charge in [0.2, 0.25) is 0 Å². The maximum atomic E-state index is 12.3. The summed E-state index contributed by atoms with van der Waals surface area (Å²) in [4.78, 5) is 6.72. The fourth-order valence-electron chi connectivity index (χ4n) is 2.84. The molecule has 0 unspecified atom stereocenters. The molecule has 0 amide bonds. The lowest BCUT2D eigenvalue weighted by Crippen LogP contribution is -2.57. The van der Waals surface area contributed by atoms with E-state index in [9.17, 15) is 8.42 Å². The molecule has 0 atom stereocenters. The molecule has 0 bridgehead atoms. The van der Waals surface area contributed by atoms with Crippen LogP contribution in [-0.2, 0) is 21.0 Å². The van der Waals surface area contributed by atoms with Gasteiger partial charge in [-0.2, -0.15) is 0 Å². The Labute approximate surface area is 179 Å². The Morgan fingerprint density at radius 2 is 2.22 bits per heavy atom. The van der Waals surface area contributed by atoms with Gasteiger partial charge in [0.05, 0.1) is 16.8 Å². The Kier molecular flexibility index (Phi) is 10.1. The third-order valence-corrected chi connectivity index (χ3v) is 7.02. The van der Waals surface area contributed by atoms with E-state index in [1.807, 2.05) is 24.0 Å². The highest BCUT2D eigenvalue weighted by molar-refractivity contribution is 14.0. The Bertz CT molecular complexity index is 675. The van der Waals surface area contributed by atoms with Gasteiger partial charge < -0.3 is 19.4 Å². The molecular formula is C18H32IN3O4S. The van der Waals surface area contributed by atoms with Crippen LogP contribution in [0.5, 0.6) is 0 Å². The number of guanidine groups is 1. The zero-order valence-corrected chi connectivity index (χ0v) is 19.6. The number of ether oxygens (including phenoxy) is 1. The second-order valence-electron chi connectivity index (χ2n) is 7.01. The van der Waals surface area contributed by atoms with E-state index in [2.05, 4.69) is 10.3 Å². The van der Waals surface area contributed by atoms with Gasteiger partial charge in [0.1, 0.15) is 5.76 Å². The molecule has 0 radical (unpaired) electrons. The number of sulfone groups is 1. The fraction of sp³-hybridized carbons (Fsp3) is 0.722. The molecule has 7 nitrogen and oxygen atoms in total. The third-order valence-electron chi connectivity index (χ3n) is 4.49. The summed E-state index contributed by atoms with van der Waals surface area (Å²) in [6.07, 6.45) is 3.25. The molecule has 1 fully saturated rings. The van der Waals surface area contributed by atoms with Crippen LogP contribution in [0.3, 0.4) is 0 Å². The summed E-state index contributed by atoms with van der Waals surface area (Å²) in [5, 5.41) is 3.36. The summed E-state index contributed by atoms with van der Waals surface area (Å²) in [6, 6.07) is 3.81. The van der Waals surface area contributed by atoms with Crippen LogP contribution < -0.4 is 5.32 Å². The first-order valence-corrected chi connectivity index (χ1v) is 10.9. The molecule has 27 heavy (non-hydrogen) atoms. The van der Waals surface area contributed by atoms with Gasteiger partial charge in [-0.3, -0.25) is 4.99 Å². The van der Waals surface area contributed by atoms with Crippen LogP contribution >= 0.6 is 24.0 Å². The first-order chi connectivity index (χ1) is 12.4. The van der Waals surface area contributed by atoms with Crippen LogP contribution in [0, 0.1) is 0 Å². The first kappa shape index (κ1) is 24.2. The lowest BCUT2D eigenvalue weighted by atomic mass is 10.2. The van der Waals surface area contributed by atoms with E-state index in [-0.39, 0.29) is 29.7 Å². The molecule has 2 rings (SSSR count). The fourth-order valence-corrected chi connectivity index (χ4v) is 4.21. The molecule has 1 aliphatic heterocycles. The van der Waals surface area contributed by atoms with E-state index in [1.54, 1.807) is 20.1 Å². The highest BCUT2D eigenvalue weighted by Crippen LogP contribution is 2.23. The summed E-state index contributed by atoms with van der Waals surface area (Å²) in [5.74, 6) is 1.82. The molecule has 1 aromatic rings. The van der Waals surface area contributed by atoms with Gasteiger partial charge in [-0.1, -0.05) is 0 Å². The number of nitrogens with one attached hydrogen (secondary N) is 1. The van der Waals surface area contributed by atoms with E-state index < -0.39 is 14.6 Å². The molecule has 1 aromatic heterocycles. The molecule has 0 aromatic carbocycles. The van der Waals surface area contributed by atoms with Gasteiger partial charge in [0.15, 0.2) is 15.8 Å². The lowest BCUT2D eigenvalue weighted by molar-refractivity contribution is 0.146. The molecule has 0 aliphatic carbocycles. The van der Waals surface area contributed by atoms with E-state index >= 15 is 0 Å². The summed E-state index contributed by atoms with van der Waals surface area (Å²) in [6.45, 7) is 9.15. The average Bonchev–Trinajstić information content (AvgIpc) is 3.09. The standard InChI is InChI=1S/C18H31N3O4S.HI/c1-4-24-12-6-9-19-17(20-10-8-16-7-5-13-25-16)21-11-14-26(22,23)18(2,3)15-21;/h5,7,13H,4,6,8-12,14-15H2,1-3H3,(H,19,20);1H. The van der Waals surface area contributed by atoms with Crippen molar-refractivity contribution in [1.29, 1.82) is 0 Å².